The van der Waals surface area contributed by atoms with Crippen LogP contribution in [0.5, 0.6) is 0 Å². The highest BCUT2D eigenvalue weighted by atomic mass is 79.9. The van der Waals surface area contributed by atoms with Crippen LogP contribution in [-0.2, 0) is 4.79 Å². The van der Waals surface area contributed by atoms with Crippen LogP contribution in [0.3, 0.4) is 0 Å². The summed E-state index contributed by atoms with van der Waals surface area (Å²) in [7, 11) is 0. The zero-order chi connectivity index (χ0) is 14.8. The number of aryl methyl sites for hydroxylation is 1. The third-order valence-corrected chi connectivity index (χ3v) is 3.45. The molecule has 0 saturated carbocycles. The smallest absolute Gasteiger partial charge is 0.326 e. The van der Waals surface area contributed by atoms with E-state index in [0.29, 0.717) is 10.0 Å². The van der Waals surface area contributed by atoms with Gasteiger partial charge >= 0.3 is 5.97 Å². The molecule has 1 aromatic rings. The van der Waals surface area contributed by atoms with Crippen molar-refractivity contribution in [2.24, 2.45) is 5.41 Å². The lowest BCUT2D eigenvalue weighted by Crippen LogP contribution is -2.49. The Bertz CT molecular complexity index is 506. The Balaban J connectivity index is 3.01. The highest BCUT2D eigenvalue weighted by Crippen LogP contribution is 2.22. The molecule has 0 fully saturated rings. The fraction of sp³-hybridized carbons (Fsp3) is 0.429. The normalized spacial score (nSPS) is 12.9. The van der Waals surface area contributed by atoms with Crippen LogP contribution >= 0.6 is 15.9 Å². The van der Waals surface area contributed by atoms with E-state index in [1.165, 1.54) is 0 Å². The van der Waals surface area contributed by atoms with Crippen LogP contribution < -0.4 is 5.32 Å². The average molecular weight is 328 g/mol. The Morgan fingerprint density at radius 2 is 1.89 bits per heavy atom. The largest absolute Gasteiger partial charge is 0.480 e. The molecule has 1 aromatic carbocycles. The number of amides is 1. The molecule has 104 valence electrons. The molecule has 1 atom stereocenters. The van der Waals surface area contributed by atoms with Crippen LogP contribution in [0.25, 0.3) is 0 Å². The van der Waals surface area contributed by atoms with Crippen LogP contribution in [-0.4, -0.2) is 23.0 Å². The van der Waals surface area contributed by atoms with Gasteiger partial charge in [0, 0.05) is 4.47 Å². The second-order valence-corrected chi connectivity index (χ2v) is 6.45. The molecule has 0 aliphatic carbocycles. The van der Waals surface area contributed by atoms with E-state index in [2.05, 4.69) is 21.2 Å². The molecular weight excluding hydrogens is 310 g/mol. The van der Waals surface area contributed by atoms with Gasteiger partial charge in [0.2, 0.25) is 0 Å². The summed E-state index contributed by atoms with van der Waals surface area (Å²) in [4.78, 5) is 23.4. The molecule has 0 aliphatic rings. The summed E-state index contributed by atoms with van der Waals surface area (Å²) in [6.07, 6.45) is 0. The van der Waals surface area contributed by atoms with E-state index in [0.717, 1.165) is 5.56 Å². The first kappa shape index (κ1) is 15.7. The second kappa shape index (κ2) is 5.74. The summed E-state index contributed by atoms with van der Waals surface area (Å²) in [5.41, 5.74) is 0.823. The van der Waals surface area contributed by atoms with E-state index in [1.54, 1.807) is 32.9 Å². The summed E-state index contributed by atoms with van der Waals surface area (Å²) in [6, 6.07) is 4.43. The topological polar surface area (TPSA) is 66.4 Å². The van der Waals surface area contributed by atoms with Gasteiger partial charge in [0.25, 0.3) is 5.91 Å². The van der Waals surface area contributed by atoms with Crippen molar-refractivity contribution in [1.82, 2.24) is 5.32 Å². The number of benzene rings is 1. The van der Waals surface area contributed by atoms with Gasteiger partial charge in [0.05, 0.1) is 5.56 Å². The van der Waals surface area contributed by atoms with Gasteiger partial charge in [-0.05, 0) is 40.4 Å². The van der Waals surface area contributed by atoms with Gasteiger partial charge < -0.3 is 10.4 Å². The Morgan fingerprint density at radius 3 is 2.37 bits per heavy atom. The summed E-state index contributed by atoms with van der Waals surface area (Å²) >= 11 is 3.30. The number of halogens is 1. The van der Waals surface area contributed by atoms with Crippen molar-refractivity contribution in [1.29, 1.82) is 0 Å². The molecular formula is C14H18BrNO3. The van der Waals surface area contributed by atoms with Gasteiger partial charge in [-0.25, -0.2) is 4.79 Å². The zero-order valence-electron chi connectivity index (χ0n) is 11.5. The fourth-order valence-corrected chi connectivity index (χ4v) is 2.10. The summed E-state index contributed by atoms with van der Waals surface area (Å²) < 4.78 is 0.647. The van der Waals surface area contributed by atoms with Crippen LogP contribution in [0.4, 0.5) is 0 Å². The molecule has 19 heavy (non-hydrogen) atoms. The quantitative estimate of drug-likeness (QED) is 0.896. The molecule has 0 spiro atoms. The van der Waals surface area contributed by atoms with Crippen molar-refractivity contribution in [3.05, 3.63) is 33.8 Å². The number of carboxylic acids is 1. The molecule has 0 bridgehead atoms. The highest BCUT2D eigenvalue weighted by Gasteiger charge is 2.33. The molecule has 1 rings (SSSR count). The number of aliphatic carboxylic acids is 1. The van der Waals surface area contributed by atoms with Crippen molar-refractivity contribution in [2.75, 3.05) is 0 Å². The van der Waals surface area contributed by atoms with E-state index in [4.69, 9.17) is 0 Å². The number of hydrogen-bond donors (Lipinski definition) is 2. The van der Waals surface area contributed by atoms with E-state index in [9.17, 15) is 14.7 Å². The van der Waals surface area contributed by atoms with Crippen molar-refractivity contribution in [2.45, 2.75) is 33.7 Å². The molecule has 2 N–H and O–H groups in total. The van der Waals surface area contributed by atoms with Crippen LogP contribution in [0.1, 0.15) is 36.7 Å². The summed E-state index contributed by atoms with van der Waals surface area (Å²) in [6.45, 7) is 7.20. The minimum absolute atomic E-state index is 0.391. The lowest BCUT2D eigenvalue weighted by Gasteiger charge is -2.27. The SMILES string of the molecule is Cc1ccc(Br)c(C(=O)N[C@H](C(=O)O)C(C)(C)C)c1. The van der Waals surface area contributed by atoms with Crippen LogP contribution in [0, 0.1) is 12.3 Å². The molecule has 0 radical (unpaired) electrons. The molecule has 0 unspecified atom stereocenters. The van der Waals surface area contributed by atoms with Gasteiger partial charge in [0.15, 0.2) is 0 Å². The van der Waals surface area contributed by atoms with Crippen molar-refractivity contribution >= 4 is 27.8 Å². The average Bonchev–Trinajstić information content (AvgIpc) is 2.26. The first-order valence-electron chi connectivity index (χ1n) is 5.92. The van der Waals surface area contributed by atoms with Gasteiger partial charge in [-0.2, -0.15) is 0 Å². The Labute approximate surface area is 121 Å². The van der Waals surface area contributed by atoms with E-state index >= 15 is 0 Å². The Morgan fingerprint density at radius 1 is 1.32 bits per heavy atom. The predicted molar refractivity (Wildman–Crippen MR) is 77.2 cm³/mol. The lowest BCUT2D eigenvalue weighted by molar-refractivity contribution is -0.142. The van der Waals surface area contributed by atoms with Crippen LogP contribution in [0.2, 0.25) is 0 Å². The summed E-state index contributed by atoms with van der Waals surface area (Å²) in [5.74, 6) is -1.43. The Kier molecular flexibility index (Phi) is 4.74. The van der Waals surface area contributed by atoms with E-state index in [1.807, 2.05) is 13.0 Å². The molecule has 1 amide bonds. The van der Waals surface area contributed by atoms with Crippen molar-refractivity contribution in [3.8, 4) is 0 Å². The minimum atomic E-state index is -1.04. The standard InChI is InChI=1S/C14H18BrNO3/c1-8-5-6-10(15)9(7-8)12(17)16-11(13(18)19)14(2,3)4/h5-7,11H,1-4H3,(H,16,17)(H,18,19)/t11-/m1/s1. The van der Waals surface area contributed by atoms with Gasteiger partial charge in [-0.1, -0.05) is 32.4 Å². The summed E-state index contributed by atoms with van der Waals surface area (Å²) in [5, 5.41) is 11.8. The zero-order valence-corrected chi connectivity index (χ0v) is 13.0. The number of rotatable bonds is 3. The number of hydrogen-bond acceptors (Lipinski definition) is 2. The van der Waals surface area contributed by atoms with Crippen molar-refractivity contribution < 1.29 is 14.7 Å². The van der Waals surface area contributed by atoms with Gasteiger partial charge in [-0.3, -0.25) is 4.79 Å². The maximum Gasteiger partial charge on any atom is 0.326 e. The number of carbonyl (C=O) groups is 2. The van der Waals surface area contributed by atoms with Gasteiger partial charge in [-0.15, -0.1) is 0 Å². The lowest BCUT2D eigenvalue weighted by atomic mass is 9.86. The first-order valence-corrected chi connectivity index (χ1v) is 6.72. The monoisotopic (exact) mass is 327 g/mol. The van der Waals surface area contributed by atoms with E-state index in [-0.39, 0.29) is 0 Å². The Hall–Kier alpha value is -1.36. The molecule has 0 saturated heterocycles. The molecule has 0 aromatic heterocycles. The first-order chi connectivity index (χ1) is 8.62. The number of carbonyl (C=O) groups excluding carboxylic acids is 1. The molecule has 4 nitrogen and oxygen atoms in total. The highest BCUT2D eigenvalue weighted by molar-refractivity contribution is 9.10. The molecule has 0 aliphatic heterocycles. The molecule has 0 heterocycles. The van der Waals surface area contributed by atoms with Crippen molar-refractivity contribution in [3.63, 3.8) is 0 Å². The van der Waals surface area contributed by atoms with Gasteiger partial charge in [0.1, 0.15) is 6.04 Å². The third-order valence-electron chi connectivity index (χ3n) is 2.75. The molecule has 5 heteroatoms. The second-order valence-electron chi connectivity index (χ2n) is 5.59. The maximum atomic E-state index is 12.2. The van der Waals surface area contributed by atoms with E-state index < -0.39 is 23.3 Å². The minimum Gasteiger partial charge on any atom is -0.480 e. The number of carboxylic acid groups (broad SMARTS) is 1. The number of nitrogens with one attached hydrogen (secondary N) is 1. The maximum absolute atomic E-state index is 12.2. The van der Waals surface area contributed by atoms with Crippen LogP contribution in [0.15, 0.2) is 22.7 Å². The fourth-order valence-electron chi connectivity index (χ4n) is 1.67. The third kappa shape index (κ3) is 4.06. The predicted octanol–water partition coefficient (Wildman–Crippen LogP) is 2.99.